The molecule has 0 amide bonds. The zero-order chi connectivity index (χ0) is 74.6. The van der Waals surface area contributed by atoms with E-state index in [1.165, 1.54) is 244 Å². The van der Waals surface area contributed by atoms with Gasteiger partial charge in [-0.1, -0.05) is 373 Å². The Labute approximate surface area is 624 Å². The first kappa shape index (κ1) is 99.5. The fourth-order valence-corrected chi connectivity index (χ4v) is 14.0. The van der Waals surface area contributed by atoms with E-state index in [1.54, 1.807) is 0 Å². The largest absolute Gasteiger partial charge is 0.472 e. The summed E-state index contributed by atoms with van der Waals surface area (Å²) >= 11 is 0. The number of hydrogen-bond acceptors (Lipinski definition) is 15. The summed E-state index contributed by atoms with van der Waals surface area (Å²) in [6.45, 7) is 4.98. The van der Waals surface area contributed by atoms with Crippen LogP contribution in [-0.2, 0) is 65.4 Å². The van der Waals surface area contributed by atoms with Gasteiger partial charge in [0.2, 0.25) is 0 Å². The summed E-state index contributed by atoms with van der Waals surface area (Å²) < 4.78 is 68.8. The fourth-order valence-electron chi connectivity index (χ4n) is 12.5. The van der Waals surface area contributed by atoms with Crippen molar-refractivity contribution in [3.63, 3.8) is 0 Å². The quantitative estimate of drug-likeness (QED) is 0.0169. The summed E-state index contributed by atoms with van der Waals surface area (Å²) in [5.74, 6) is -2.13. The predicted octanol–water partition coefficient (Wildman–Crippen LogP) is 24.9. The van der Waals surface area contributed by atoms with Crippen LogP contribution in [0.3, 0.4) is 0 Å². The Kier molecular flexibility index (Phi) is 74.9. The van der Waals surface area contributed by atoms with Gasteiger partial charge >= 0.3 is 39.5 Å². The summed E-state index contributed by atoms with van der Waals surface area (Å²) in [5, 5.41) is 10.7. The van der Waals surface area contributed by atoms with Crippen LogP contribution in [0, 0.1) is 0 Å². The number of esters is 4. The minimum Gasteiger partial charge on any atom is -0.462 e. The van der Waals surface area contributed by atoms with Gasteiger partial charge in [0.1, 0.15) is 19.3 Å². The maximum atomic E-state index is 13.1. The number of aliphatic hydroxyl groups is 1. The van der Waals surface area contributed by atoms with Gasteiger partial charge in [-0.2, -0.15) is 0 Å². The van der Waals surface area contributed by atoms with Crippen LogP contribution < -0.4 is 0 Å². The number of ether oxygens (including phenoxy) is 4. The molecule has 0 aromatic rings. The van der Waals surface area contributed by atoms with Gasteiger partial charge < -0.3 is 33.8 Å². The van der Waals surface area contributed by atoms with Crippen LogP contribution in [0.15, 0.2) is 24.3 Å². The normalized spacial score (nSPS) is 13.9. The minimum atomic E-state index is -4.97. The van der Waals surface area contributed by atoms with E-state index >= 15 is 0 Å². The van der Waals surface area contributed by atoms with Gasteiger partial charge in [-0.25, -0.2) is 9.13 Å². The highest BCUT2D eigenvalue weighted by molar-refractivity contribution is 7.47. The first-order valence-electron chi connectivity index (χ1n) is 42.6. The van der Waals surface area contributed by atoms with Crippen molar-refractivity contribution in [1.82, 2.24) is 0 Å². The maximum Gasteiger partial charge on any atom is 0.472 e. The third-order valence-electron chi connectivity index (χ3n) is 19.0. The molecule has 19 heteroatoms. The molecule has 0 aliphatic rings. The molecule has 0 spiro atoms. The average Bonchev–Trinajstić information content (AvgIpc) is 1.14. The molecule has 602 valence electrons. The van der Waals surface area contributed by atoms with Crippen molar-refractivity contribution in [3.05, 3.63) is 24.3 Å². The van der Waals surface area contributed by atoms with E-state index < -0.39 is 97.5 Å². The van der Waals surface area contributed by atoms with E-state index in [-0.39, 0.29) is 25.7 Å². The van der Waals surface area contributed by atoms with Crippen molar-refractivity contribution in [2.75, 3.05) is 39.6 Å². The van der Waals surface area contributed by atoms with Crippen molar-refractivity contribution in [3.8, 4) is 0 Å². The molecule has 0 aliphatic heterocycles. The molecule has 17 nitrogen and oxygen atoms in total. The number of phosphoric ester groups is 2. The highest BCUT2D eigenvalue weighted by Gasteiger charge is 2.30. The molecule has 2 unspecified atom stereocenters. The summed E-state index contributed by atoms with van der Waals surface area (Å²) in [7, 11) is -9.93. The summed E-state index contributed by atoms with van der Waals surface area (Å²) in [6.07, 6.45) is 72.8. The summed E-state index contributed by atoms with van der Waals surface area (Å²) in [4.78, 5) is 73.1. The molecule has 0 saturated carbocycles. The highest BCUT2D eigenvalue weighted by atomic mass is 31.2. The summed E-state index contributed by atoms with van der Waals surface area (Å²) in [5.41, 5.74) is 0. The first-order chi connectivity index (χ1) is 49.7. The van der Waals surface area contributed by atoms with E-state index in [2.05, 4.69) is 52.0 Å². The fraction of sp³-hybridized carbons (Fsp3) is 0.904. The molecule has 0 radical (unpaired) electrons. The molecule has 0 aromatic heterocycles. The number of allylic oxidation sites excluding steroid dienone is 4. The third-order valence-corrected chi connectivity index (χ3v) is 20.9. The molecule has 5 atom stereocenters. The van der Waals surface area contributed by atoms with Gasteiger partial charge in [-0.15, -0.1) is 0 Å². The Morgan fingerprint density at radius 1 is 0.275 bits per heavy atom. The lowest BCUT2D eigenvalue weighted by Crippen LogP contribution is -2.30. The van der Waals surface area contributed by atoms with E-state index in [0.29, 0.717) is 25.7 Å². The third kappa shape index (κ3) is 75.8. The van der Waals surface area contributed by atoms with Gasteiger partial charge in [0.05, 0.1) is 26.4 Å². The Morgan fingerprint density at radius 2 is 0.471 bits per heavy atom. The van der Waals surface area contributed by atoms with Gasteiger partial charge in [-0.3, -0.25) is 37.3 Å². The maximum absolute atomic E-state index is 13.1. The molecular formula is C83H158O17P2. The second-order valence-corrected chi connectivity index (χ2v) is 32.1. The standard InChI is InChI=1S/C83H158O17P2/c1-5-9-13-17-21-25-29-33-36-38-39-42-46-50-54-58-62-66-70-83(88)100-79(74-94-81(86)68-64-60-56-52-48-44-41-37-34-30-26-22-18-14-10-6-2)76-98-102(91,92)96-72-77(84)71-95-101(89,90)97-75-78(73-93-80(85)67-63-59-55-51-47-43-32-28-24-20-16-12-8-4)99-82(87)69-65-61-57-53-49-45-40-35-31-27-23-19-15-11-7-3/h27,31,35,40,77-79,84H,5-26,28-30,32-34,36-39,41-76H2,1-4H3,(H,89,90)(H,91,92)/b31-27-,40-35-/t77-,78+,79+/m0/s1. The zero-order valence-electron chi connectivity index (χ0n) is 66.1. The molecule has 0 bridgehead atoms. The van der Waals surface area contributed by atoms with Crippen molar-refractivity contribution in [1.29, 1.82) is 0 Å². The van der Waals surface area contributed by atoms with Gasteiger partial charge in [0, 0.05) is 25.7 Å². The van der Waals surface area contributed by atoms with Crippen LogP contribution in [0.1, 0.15) is 426 Å². The average molecular weight is 1490 g/mol. The molecule has 0 aromatic carbocycles. The monoisotopic (exact) mass is 1490 g/mol. The van der Waals surface area contributed by atoms with Crippen LogP contribution in [-0.4, -0.2) is 96.7 Å². The molecule has 0 rings (SSSR count). The van der Waals surface area contributed by atoms with Gasteiger partial charge in [0.25, 0.3) is 0 Å². The minimum absolute atomic E-state index is 0.0861. The number of rotatable bonds is 82. The number of carbonyl (C=O) groups is 4. The van der Waals surface area contributed by atoms with Crippen LogP contribution >= 0.6 is 15.6 Å². The SMILES string of the molecule is CCCCCC/C=C\C=C/CCCCCCCC(=O)O[C@H](COC(=O)CCCCCCCCCCCCCCC)COP(=O)(O)OC[C@H](O)COP(=O)(O)OC[C@@H](COC(=O)CCCCCCCCCCCCCCCCCC)OC(=O)CCCCCCCCCCCCCCCCCCCC. The van der Waals surface area contributed by atoms with Crippen LogP contribution in [0.5, 0.6) is 0 Å². The van der Waals surface area contributed by atoms with Crippen LogP contribution in [0.25, 0.3) is 0 Å². The second kappa shape index (κ2) is 76.7. The molecule has 0 saturated heterocycles. The van der Waals surface area contributed by atoms with E-state index in [1.807, 2.05) is 0 Å². The summed E-state index contributed by atoms with van der Waals surface area (Å²) in [6, 6.07) is 0. The Bertz CT molecular complexity index is 2020. The van der Waals surface area contributed by atoms with Crippen LogP contribution in [0.4, 0.5) is 0 Å². The van der Waals surface area contributed by atoms with Crippen LogP contribution in [0.2, 0.25) is 0 Å². The van der Waals surface area contributed by atoms with Crippen molar-refractivity contribution in [2.24, 2.45) is 0 Å². The number of carbonyl (C=O) groups excluding carboxylic acids is 4. The molecule has 0 aliphatic carbocycles. The lowest BCUT2D eigenvalue weighted by Gasteiger charge is -2.21. The zero-order valence-corrected chi connectivity index (χ0v) is 67.9. The van der Waals surface area contributed by atoms with Crippen molar-refractivity contribution < 1.29 is 80.2 Å². The van der Waals surface area contributed by atoms with E-state index in [9.17, 15) is 43.2 Å². The van der Waals surface area contributed by atoms with Gasteiger partial charge in [0.15, 0.2) is 12.2 Å². The smallest absolute Gasteiger partial charge is 0.462 e. The Balaban J connectivity index is 5.29. The number of unbranched alkanes of at least 4 members (excludes halogenated alkanes) is 53. The second-order valence-electron chi connectivity index (χ2n) is 29.2. The molecule has 3 N–H and O–H groups in total. The lowest BCUT2D eigenvalue weighted by molar-refractivity contribution is -0.161. The Hall–Kier alpha value is -2.46. The molecule has 0 heterocycles. The van der Waals surface area contributed by atoms with Crippen molar-refractivity contribution in [2.45, 2.75) is 444 Å². The number of hydrogen-bond donors (Lipinski definition) is 3. The van der Waals surface area contributed by atoms with Crippen molar-refractivity contribution >= 4 is 39.5 Å². The van der Waals surface area contributed by atoms with E-state index in [0.717, 1.165) is 103 Å². The lowest BCUT2D eigenvalue weighted by atomic mass is 10.0. The number of phosphoric acid groups is 2. The first-order valence-corrected chi connectivity index (χ1v) is 45.6. The number of aliphatic hydroxyl groups excluding tert-OH is 1. The molecule has 102 heavy (non-hydrogen) atoms. The van der Waals surface area contributed by atoms with Gasteiger partial charge in [-0.05, 0) is 51.4 Å². The molecule has 0 fully saturated rings. The molecular weight excluding hydrogens is 1330 g/mol. The predicted molar refractivity (Wildman–Crippen MR) is 418 cm³/mol. The highest BCUT2D eigenvalue weighted by Crippen LogP contribution is 2.45. The van der Waals surface area contributed by atoms with E-state index in [4.69, 9.17) is 37.0 Å². The Morgan fingerprint density at radius 3 is 0.716 bits per heavy atom. The topological polar surface area (TPSA) is 237 Å².